The summed E-state index contributed by atoms with van der Waals surface area (Å²) in [5.74, 6) is 1.45. The highest BCUT2D eigenvalue weighted by Crippen LogP contribution is 2.23. The van der Waals surface area contributed by atoms with Crippen molar-refractivity contribution in [2.45, 2.75) is 63.3 Å². The summed E-state index contributed by atoms with van der Waals surface area (Å²) in [6.45, 7) is 10.3. The van der Waals surface area contributed by atoms with Crippen molar-refractivity contribution < 1.29 is 9.53 Å². The van der Waals surface area contributed by atoms with Crippen LogP contribution in [0.2, 0.25) is 0 Å². The minimum absolute atomic E-state index is 0.109. The Labute approximate surface area is 156 Å². The summed E-state index contributed by atoms with van der Waals surface area (Å²) in [6, 6.07) is 1.95. The van der Waals surface area contributed by atoms with Gasteiger partial charge in [0, 0.05) is 17.9 Å². The maximum Gasteiger partial charge on any atom is 0.316 e. The summed E-state index contributed by atoms with van der Waals surface area (Å²) in [7, 11) is 0. The van der Waals surface area contributed by atoms with E-state index in [9.17, 15) is 4.79 Å². The van der Waals surface area contributed by atoms with Gasteiger partial charge in [0.15, 0.2) is 10.3 Å². The van der Waals surface area contributed by atoms with E-state index >= 15 is 0 Å². The van der Waals surface area contributed by atoms with Crippen LogP contribution in [-0.2, 0) is 21.8 Å². The lowest BCUT2D eigenvalue weighted by atomic mass is 10.4. The number of carbonyl (C=O) groups excluding carboxylic acids is 1. The molecule has 0 atom stereocenters. The predicted molar refractivity (Wildman–Crippen MR) is 98.7 cm³/mol. The van der Waals surface area contributed by atoms with E-state index < -0.39 is 0 Å². The Morgan fingerprint density at radius 2 is 1.88 bits per heavy atom. The third kappa shape index (κ3) is 6.00. The first-order valence-corrected chi connectivity index (χ1v) is 10.1. The molecule has 0 radical (unpaired) electrons. The number of aromatic nitrogens is 5. The zero-order valence-corrected chi connectivity index (χ0v) is 16.8. The molecule has 136 valence electrons. The monoisotopic (exact) mass is 381 g/mol. The number of nitrogens with zero attached hydrogens (tertiary/aromatic N) is 5. The smallest absolute Gasteiger partial charge is 0.316 e. The molecule has 0 saturated carbocycles. The topological polar surface area (TPSA) is 82.8 Å². The van der Waals surface area contributed by atoms with Gasteiger partial charge in [-0.2, -0.15) is 0 Å². The molecule has 0 aromatic carbocycles. The third-order valence-electron chi connectivity index (χ3n) is 3.09. The minimum atomic E-state index is -0.245. The zero-order valence-electron chi connectivity index (χ0n) is 15.1. The van der Waals surface area contributed by atoms with Crippen LogP contribution in [0.15, 0.2) is 16.4 Å². The standard InChI is InChI=1S/C16H23N5O2S2/c1-6-21-13(8-24-15-17-11(4)7-12(5)18-15)19-20-16(21)25-9-14(22)23-10(2)3/h7,10H,6,8-9H2,1-5H3. The van der Waals surface area contributed by atoms with Crippen molar-refractivity contribution in [3.63, 3.8) is 0 Å². The molecule has 2 heterocycles. The Hall–Kier alpha value is -1.61. The molecule has 2 aromatic rings. The molecule has 0 aliphatic rings. The van der Waals surface area contributed by atoms with Gasteiger partial charge >= 0.3 is 5.97 Å². The van der Waals surface area contributed by atoms with Crippen LogP contribution in [-0.4, -0.2) is 42.6 Å². The lowest BCUT2D eigenvalue weighted by Gasteiger charge is -2.09. The van der Waals surface area contributed by atoms with Gasteiger partial charge in [0.2, 0.25) is 0 Å². The first-order valence-electron chi connectivity index (χ1n) is 8.08. The van der Waals surface area contributed by atoms with Gasteiger partial charge in [0.05, 0.1) is 17.6 Å². The molecule has 0 N–H and O–H groups in total. The minimum Gasteiger partial charge on any atom is -0.462 e. The Kier molecular flexibility index (Phi) is 7.24. The normalized spacial score (nSPS) is 11.1. The van der Waals surface area contributed by atoms with Gasteiger partial charge in [0.1, 0.15) is 5.82 Å². The van der Waals surface area contributed by atoms with Crippen molar-refractivity contribution in [1.82, 2.24) is 24.7 Å². The molecular formula is C16H23N5O2S2. The maximum absolute atomic E-state index is 11.7. The number of carbonyl (C=O) groups is 1. The highest BCUT2D eigenvalue weighted by molar-refractivity contribution is 7.99. The first-order chi connectivity index (χ1) is 11.9. The highest BCUT2D eigenvalue weighted by atomic mass is 32.2. The van der Waals surface area contributed by atoms with Crippen LogP contribution in [0.3, 0.4) is 0 Å². The fourth-order valence-electron chi connectivity index (χ4n) is 2.16. The summed E-state index contributed by atoms with van der Waals surface area (Å²) >= 11 is 2.87. The lowest BCUT2D eigenvalue weighted by Crippen LogP contribution is -2.14. The molecule has 7 nitrogen and oxygen atoms in total. The van der Waals surface area contributed by atoms with Gasteiger partial charge in [-0.05, 0) is 40.7 Å². The van der Waals surface area contributed by atoms with E-state index in [1.807, 2.05) is 45.3 Å². The van der Waals surface area contributed by atoms with Crippen LogP contribution in [0.5, 0.6) is 0 Å². The van der Waals surface area contributed by atoms with Crippen molar-refractivity contribution in [2.24, 2.45) is 0 Å². The van der Waals surface area contributed by atoms with Crippen molar-refractivity contribution in [2.75, 3.05) is 5.75 Å². The molecule has 0 aliphatic heterocycles. The largest absolute Gasteiger partial charge is 0.462 e. The van der Waals surface area contributed by atoms with Crippen molar-refractivity contribution in [3.8, 4) is 0 Å². The summed E-state index contributed by atoms with van der Waals surface area (Å²) in [5.41, 5.74) is 1.90. The second-order valence-corrected chi connectivity index (χ2v) is 7.58. The Balaban J connectivity index is 2.00. The summed E-state index contributed by atoms with van der Waals surface area (Å²) < 4.78 is 7.15. The quantitative estimate of drug-likeness (QED) is 0.392. The van der Waals surface area contributed by atoms with Crippen molar-refractivity contribution in [3.05, 3.63) is 23.3 Å². The molecule has 2 aromatic heterocycles. The van der Waals surface area contributed by atoms with Gasteiger partial charge in [0.25, 0.3) is 0 Å². The molecule has 2 rings (SSSR count). The molecule has 0 bridgehead atoms. The first kappa shape index (κ1) is 19.7. The van der Waals surface area contributed by atoms with E-state index in [2.05, 4.69) is 20.2 Å². The average Bonchev–Trinajstić information content (AvgIpc) is 2.91. The van der Waals surface area contributed by atoms with E-state index in [4.69, 9.17) is 4.74 Å². The van der Waals surface area contributed by atoms with Crippen LogP contribution in [0.1, 0.15) is 38.0 Å². The fourth-order valence-corrected chi connectivity index (χ4v) is 3.85. The van der Waals surface area contributed by atoms with Crippen molar-refractivity contribution in [1.29, 1.82) is 0 Å². The van der Waals surface area contributed by atoms with E-state index in [-0.39, 0.29) is 17.8 Å². The Bertz CT molecular complexity index is 713. The average molecular weight is 382 g/mol. The Morgan fingerprint density at radius 3 is 2.48 bits per heavy atom. The van der Waals surface area contributed by atoms with Gasteiger partial charge in [-0.3, -0.25) is 4.79 Å². The molecule has 0 amide bonds. The van der Waals surface area contributed by atoms with Crippen LogP contribution < -0.4 is 0 Å². The number of hydrogen-bond donors (Lipinski definition) is 0. The van der Waals surface area contributed by atoms with Crippen LogP contribution >= 0.6 is 23.5 Å². The van der Waals surface area contributed by atoms with Crippen molar-refractivity contribution >= 4 is 29.5 Å². The molecule has 0 fully saturated rings. The maximum atomic E-state index is 11.7. The van der Waals surface area contributed by atoms with Crippen LogP contribution in [0.4, 0.5) is 0 Å². The van der Waals surface area contributed by atoms with Gasteiger partial charge in [-0.15, -0.1) is 10.2 Å². The number of ether oxygens (including phenoxy) is 1. The van der Waals surface area contributed by atoms with E-state index in [1.165, 1.54) is 23.5 Å². The Morgan fingerprint density at radius 1 is 1.20 bits per heavy atom. The molecule has 0 aliphatic carbocycles. The summed E-state index contributed by atoms with van der Waals surface area (Å²) in [5, 5.41) is 9.91. The van der Waals surface area contributed by atoms with E-state index in [0.29, 0.717) is 5.75 Å². The van der Waals surface area contributed by atoms with Gasteiger partial charge in [-0.25, -0.2) is 9.97 Å². The molecule has 9 heteroatoms. The fraction of sp³-hybridized carbons (Fsp3) is 0.562. The summed E-state index contributed by atoms with van der Waals surface area (Å²) in [4.78, 5) is 20.5. The number of rotatable bonds is 8. The number of thioether (sulfide) groups is 2. The summed E-state index contributed by atoms with van der Waals surface area (Å²) in [6.07, 6.45) is -0.109. The van der Waals surface area contributed by atoms with E-state index in [1.54, 1.807) is 0 Å². The van der Waals surface area contributed by atoms with E-state index in [0.717, 1.165) is 34.1 Å². The van der Waals surface area contributed by atoms with Gasteiger partial charge < -0.3 is 9.30 Å². The zero-order chi connectivity index (χ0) is 18.4. The second kappa shape index (κ2) is 9.19. The molecule has 0 spiro atoms. The number of hydrogen-bond acceptors (Lipinski definition) is 8. The third-order valence-corrected chi connectivity index (χ3v) is 4.87. The molecular weight excluding hydrogens is 358 g/mol. The van der Waals surface area contributed by atoms with Crippen LogP contribution in [0, 0.1) is 13.8 Å². The van der Waals surface area contributed by atoms with Crippen LogP contribution in [0.25, 0.3) is 0 Å². The lowest BCUT2D eigenvalue weighted by molar-refractivity contribution is -0.144. The number of esters is 1. The van der Waals surface area contributed by atoms with Gasteiger partial charge in [-0.1, -0.05) is 23.5 Å². The molecule has 25 heavy (non-hydrogen) atoms. The molecule has 0 unspecified atom stereocenters. The second-order valence-electron chi connectivity index (χ2n) is 5.69. The predicted octanol–water partition coefficient (Wildman–Crippen LogP) is 3.04. The SMILES string of the molecule is CCn1c(CSc2nc(C)cc(C)n2)nnc1SCC(=O)OC(C)C. The number of aryl methyl sites for hydroxylation is 2. The highest BCUT2D eigenvalue weighted by Gasteiger charge is 2.15. The molecule has 0 saturated heterocycles.